The van der Waals surface area contributed by atoms with Gasteiger partial charge in [-0.25, -0.2) is 4.39 Å². The van der Waals surface area contributed by atoms with Gasteiger partial charge in [0.05, 0.1) is 5.57 Å². The number of benzene rings is 1. The second-order valence-electron chi connectivity index (χ2n) is 8.31. The average Bonchev–Trinajstić information content (AvgIpc) is 3.30. The fourth-order valence-electron chi connectivity index (χ4n) is 4.35. The molecular weight excluding hydrogens is 397 g/mol. The molecule has 1 aliphatic heterocycles. The number of nitrogens with one attached hydrogen (secondary N) is 3. The van der Waals surface area contributed by atoms with Crippen LogP contribution in [0.3, 0.4) is 0 Å². The average molecular weight is 430 g/mol. The Balaban J connectivity index is 1.63. The van der Waals surface area contributed by atoms with Crippen molar-refractivity contribution in [1.82, 2.24) is 15.1 Å². The molecule has 3 N–H and O–H groups in total. The van der Waals surface area contributed by atoms with Gasteiger partial charge in [-0.05, 0) is 43.0 Å². The Morgan fingerprint density at radius 2 is 1.87 bits per heavy atom. The van der Waals surface area contributed by atoms with Crippen LogP contribution in [0.25, 0.3) is 0 Å². The summed E-state index contributed by atoms with van der Waals surface area (Å²) in [7, 11) is 1.64. The van der Waals surface area contributed by atoms with Crippen molar-refractivity contribution in [3.8, 4) is 0 Å². The smallest absolute Gasteiger partial charge is 0.258 e. The zero-order valence-corrected chi connectivity index (χ0v) is 18.3. The highest BCUT2D eigenvalue weighted by Crippen LogP contribution is 2.27. The molecule has 2 amide bonds. The van der Waals surface area contributed by atoms with Crippen molar-refractivity contribution in [2.45, 2.75) is 39.2 Å². The highest BCUT2D eigenvalue weighted by molar-refractivity contribution is 6.17. The molecule has 0 atom stereocenters. The van der Waals surface area contributed by atoms with Crippen LogP contribution >= 0.6 is 0 Å². The summed E-state index contributed by atoms with van der Waals surface area (Å²) in [4.78, 5) is 29.2. The molecule has 1 aromatic carbocycles. The van der Waals surface area contributed by atoms with Gasteiger partial charge in [0.1, 0.15) is 5.82 Å². The van der Waals surface area contributed by atoms with Crippen molar-refractivity contribution < 1.29 is 14.0 Å². The fourth-order valence-corrected chi connectivity index (χ4v) is 4.35. The zero-order valence-electron chi connectivity index (χ0n) is 18.3. The van der Waals surface area contributed by atoms with Crippen LogP contribution < -0.4 is 10.6 Å². The van der Waals surface area contributed by atoms with Crippen molar-refractivity contribution in [3.05, 3.63) is 40.8 Å². The van der Waals surface area contributed by atoms with Crippen LogP contribution in [0.2, 0.25) is 0 Å². The Labute approximate surface area is 183 Å². The zero-order chi connectivity index (χ0) is 22.4. The first kappa shape index (κ1) is 22.9. The Morgan fingerprint density at radius 3 is 2.48 bits per heavy atom. The molecule has 1 aromatic rings. The molecule has 0 spiro atoms. The molecule has 1 aliphatic carbocycles. The van der Waals surface area contributed by atoms with Gasteiger partial charge in [-0.15, -0.1) is 0 Å². The van der Waals surface area contributed by atoms with Gasteiger partial charge in [0.25, 0.3) is 5.91 Å². The van der Waals surface area contributed by atoms with Crippen LogP contribution in [0.4, 0.5) is 10.1 Å². The normalized spacial score (nSPS) is 18.2. The lowest BCUT2D eigenvalue weighted by Gasteiger charge is -2.36. The van der Waals surface area contributed by atoms with E-state index in [0.717, 1.165) is 56.1 Å². The van der Waals surface area contributed by atoms with E-state index in [1.165, 1.54) is 18.3 Å². The lowest BCUT2D eigenvalue weighted by atomic mass is 10.0. The molecule has 1 heterocycles. The number of halogens is 1. The minimum atomic E-state index is -0.469. The standard InChI is InChI=1S/C23H32FN5O2/c1-16-18(11-20(24)12-21(16)27-22(30)19(13-25)14-26-2)15-28-7-9-29(10-8-28)23(31)17-5-3-4-6-17/h11-14,17,25-26H,3-10,15H2,1-2H3,(H,27,30)/b19-14+,25-13?. The molecule has 1 saturated carbocycles. The summed E-state index contributed by atoms with van der Waals surface area (Å²) >= 11 is 0. The lowest BCUT2D eigenvalue weighted by Crippen LogP contribution is -2.49. The Hall–Kier alpha value is -2.74. The maximum absolute atomic E-state index is 14.3. The topological polar surface area (TPSA) is 88.5 Å². The summed E-state index contributed by atoms with van der Waals surface area (Å²) in [5, 5.41) is 12.8. The van der Waals surface area contributed by atoms with Crippen molar-refractivity contribution in [1.29, 1.82) is 5.41 Å². The summed E-state index contributed by atoms with van der Waals surface area (Å²) in [5.74, 6) is -0.394. The van der Waals surface area contributed by atoms with Gasteiger partial charge in [0.15, 0.2) is 0 Å². The van der Waals surface area contributed by atoms with E-state index >= 15 is 0 Å². The number of hydrogen-bond donors (Lipinski definition) is 3. The molecule has 168 valence electrons. The number of rotatable bonds is 7. The first-order chi connectivity index (χ1) is 14.9. The predicted octanol–water partition coefficient (Wildman–Crippen LogP) is 2.66. The number of hydrogen-bond acceptors (Lipinski definition) is 5. The van der Waals surface area contributed by atoms with E-state index in [4.69, 9.17) is 5.41 Å². The molecule has 8 heteroatoms. The van der Waals surface area contributed by atoms with E-state index in [1.54, 1.807) is 7.05 Å². The molecule has 3 rings (SSSR count). The van der Waals surface area contributed by atoms with Gasteiger partial charge < -0.3 is 20.9 Å². The number of carbonyl (C=O) groups excluding carboxylic acids is 2. The maximum Gasteiger partial charge on any atom is 0.258 e. The number of amides is 2. The minimum Gasteiger partial charge on any atom is -0.393 e. The van der Waals surface area contributed by atoms with Gasteiger partial charge in [-0.1, -0.05) is 12.8 Å². The van der Waals surface area contributed by atoms with Gasteiger partial charge in [0, 0.05) is 63.8 Å². The van der Waals surface area contributed by atoms with E-state index in [0.29, 0.717) is 31.2 Å². The van der Waals surface area contributed by atoms with Gasteiger partial charge in [-0.2, -0.15) is 0 Å². The number of carbonyl (C=O) groups is 2. The van der Waals surface area contributed by atoms with Gasteiger partial charge in [0.2, 0.25) is 5.91 Å². The van der Waals surface area contributed by atoms with Crippen molar-refractivity contribution in [3.63, 3.8) is 0 Å². The van der Waals surface area contributed by atoms with Crippen LogP contribution in [0, 0.1) is 24.1 Å². The Kier molecular flexibility index (Phi) is 7.79. The SMILES string of the molecule is CN/C=C(\C=N)C(=O)Nc1cc(F)cc(CN2CCN(C(=O)C3CCCC3)CC2)c1C. The molecule has 1 saturated heterocycles. The molecule has 2 fully saturated rings. The molecule has 7 nitrogen and oxygen atoms in total. The van der Waals surface area contributed by atoms with E-state index in [1.807, 2.05) is 11.8 Å². The largest absolute Gasteiger partial charge is 0.393 e. The van der Waals surface area contributed by atoms with Gasteiger partial charge >= 0.3 is 0 Å². The van der Waals surface area contributed by atoms with Crippen LogP contribution in [-0.2, 0) is 16.1 Å². The second-order valence-corrected chi connectivity index (χ2v) is 8.31. The van der Waals surface area contributed by atoms with E-state index < -0.39 is 11.7 Å². The summed E-state index contributed by atoms with van der Waals surface area (Å²) < 4.78 is 14.3. The molecule has 0 radical (unpaired) electrons. The third-order valence-corrected chi connectivity index (χ3v) is 6.23. The lowest BCUT2D eigenvalue weighted by molar-refractivity contribution is -0.137. The molecule has 31 heavy (non-hydrogen) atoms. The van der Waals surface area contributed by atoms with Crippen LogP contribution in [-0.4, -0.2) is 61.1 Å². The highest BCUT2D eigenvalue weighted by atomic mass is 19.1. The van der Waals surface area contributed by atoms with Crippen LogP contribution in [0.5, 0.6) is 0 Å². The summed E-state index contributed by atoms with van der Waals surface area (Å²) in [6.45, 7) is 5.31. The second kappa shape index (κ2) is 10.5. The van der Waals surface area contributed by atoms with Gasteiger partial charge in [-0.3, -0.25) is 14.5 Å². The minimum absolute atomic E-state index is 0.149. The quantitative estimate of drug-likeness (QED) is 0.459. The summed E-state index contributed by atoms with van der Waals surface area (Å²) in [6.07, 6.45) is 6.71. The van der Waals surface area contributed by atoms with Crippen LogP contribution in [0.1, 0.15) is 36.8 Å². The fraction of sp³-hybridized carbons (Fsp3) is 0.522. The van der Waals surface area contributed by atoms with E-state index in [-0.39, 0.29) is 11.5 Å². The van der Waals surface area contributed by atoms with Crippen LogP contribution in [0.15, 0.2) is 23.9 Å². The number of anilines is 1. The first-order valence-electron chi connectivity index (χ1n) is 10.9. The first-order valence-corrected chi connectivity index (χ1v) is 10.9. The highest BCUT2D eigenvalue weighted by Gasteiger charge is 2.29. The summed E-state index contributed by atoms with van der Waals surface area (Å²) in [5.41, 5.74) is 2.16. The third kappa shape index (κ3) is 5.70. The molecule has 2 aliphatic rings. The predicted molar refractivity (Wildman–Crippen MR) is 120 cm³/mol. The van der Waals surface area contributed by atoms with E-state index in [2.05, 4.69) is 15.5 Å². The Bertz CT molecular complexity index is 856. The number of nitrogens with zero attached hydrogens (tertiary/aromatic N) is 2. The number of piperazine rings is 1. The maximum atomic E-state index is 14.3. The van der Waals surface area contributed by atoms with Crippen molar-refractivity contribution in [2.75, 3.05) is 38.5 Å². The van der Waals surface area contributed by atoms with Crippen molar-refractivity contribution in [2.24, 2.45) is 5.92 Å². The van der Waals surface area contributed by atoms with Crippen molar-refractivity contribution >= 4 is 23.7 Å². The molecule has 0 unspecified atom stereocenters. The monoisotopic (exact) mass is 429 g/mol. The summed E-state index contributed by atoms with van der Waals surface area (Å²) in [6, 6.07) is 2.80. The molecule has 0 aromatic heterocycles. The molecule has 0 bridgehead atoms. The molecular formula is C23H32FN5O2. The Morgan fingerprint density at radius 1 is 1.19 bits per heavy atom. The van der Waals surface area contributed by atoms with E-state index in [9.17, 15) is 14.0 Å². The third-order valence-electron chi connectivity index (χ3n) is 6.23.